The van der Waals surface area contributed by atoms with Crippen LogP contribution < -0.4 is 10.5 Å². The zero-order chi connectivity index (χ0) is 6.69. The molecule has 0 aliphatic rings. The van der Waals surface area contributed by atoms with Crippen molar-refractivity contribution >= 4 is 5.69 Å². The van der Waals surface area contributed by atoms with Crippen LogP contribution in [0.3, 0.4) is 0 Å². The number of para-hydroxylation sites is 2. The Bertz CT molecular complexity index is 198. The molecule has 2 heteroatoms. The van der Waals surface area contributed by atoms with Crippen LogP contribution >= 0.6 is 0 Å². The van der Waals surface area contributed by atoms with E-state index in [4.69, 9.17) is 5.73 Å². The third kappa shape index (κ3) is 1.13. The van der Waals surface area contributed by atoms with Gasteiger partial charge in [0.15, 0.2) is 0 Å². The molecule has 0 fully saturated rings. The second kappa shape index (κ2) is 2.40. The number of hydrogen-bond donors (Lipinski definition) is 1. The van der Waals surface area contributed by atoms with Crippen LogP contribution in [0.5, 0.6) is 5.75 Å². The quantitative estimate of drug-likeness (QED) is 0.572. The number of ether oxygens (including phenoxy) is 1. The van der Waals surface area contributed by atoms with Gasteiger partial charge in [-0.05, 0) is 12.1 Å². The van der Waals surface area contributed by atoms with Crippen molar-refractivity contribution in [3.05, 3.63) is 31.4 Å². The van der Waals surface area contributed by atoms with E-state index in [-0.39, 0.29) is 0 Å². The van der Waals surface area contributed by atoms with Gasteiger partial charge in [0.2, 0.25) is 0 Å². The molecule has 0 saturated heterocycles. The van der Waals surface area contributed by atoms with Gasteiger partial charge in [-0.2, -0.15) is 0 Å². The van der Waals surface area contributed by atoms with Gasteiger partial charge < -0.3 is 10.5 Å². The summed E-state index contributed by atoms with van der Waals surface area (Å²) in [6.45, 7) is 0. The van der Waals surface area contributed by atoms with Gasteiger partial charge in [0.05, 0.1) is 5.69 Å². The third-order valence-corrected chi connectivity index (χ3v) is 1.07. The lowest BCUT2D eigenvalue weighted by Gasteiger charge is -2.00. The van der Waals surface area contributed by atoms with E-state index in [2.05, 4.69) is 11.8 Å². The zero-order valence-electron chi connectivity index (χ0n) is 5.00. The van der Waals surface area contributed by atoms with Crippen molar-refractivity contribution in [2.75, 3.05) is 5.73 Å². The van der Waals surface area contributed by atoms with Gasteiger partial charge in [-0.1, -0.05) is 12.1 Å². The summed E-state index contributed by atoms with van der Waals surface area (Å²) < 4.78 is 4.67. The molecule has 9 heavy (non-hydrogen) atoms. The van der Waals surface area contributed by atoms with Crippen molar-refractivity contribution in [3.63, 3.8) is 0 Å². The molecule has 1 rings (SSSR count). The van der Waals surface area contributed by atoms with E-state index in [0.29, 0.717) is 11.4 Å². The summed E-state index contributed by atoms with van der Waals surface area (Å²) in [6, 6.07) is 7.22. The standard InChI is InChI=1S/C7H8NO/c1-9-7-5-3-2-4-6(7)8/h2-5H,1,8H2. The van der Waals surface area contributed by atoms with E-state index >= 15 is 0 Å². The molecule has 0 aromatic heterocycles. The molecule has 0 atom stereocenters. The fourth-order valence-electron chi connectivity index (χ4n) is 0.612. The molecule has 1 aromatic carbocycles. The Hall–Kier alpha value is -1.18. The zero-order valence-corrected chi connectivity index (χ0v) is 5.00. The lowest BCUT2D eigenvalue weighted by Crippen LogP contribution is -1.88. The van der Waals surface area contributed by atoms with E-state index in [0.717, 1.165) is 0 Å². The molecule has 0 amide bonds. The van der Waals surface area contributed by atoms with E-state index in [1.165, 1.54) is 0 Å². The number of benzene rings is 1. The summed E-state index contributed by atoms with van der Waals surface area (Å²) in [5.74, 6) is 0.623. The van der Waals surface area contributed by atoms with Gasteiger partial charge in [0, 0.05) is 0 Å². The van der Waals surface area contributed by atoms with Crippen LogP contribution in [0.2, 0.25) is 0 Å². The molecule has 1 radical (unpaired) electrons. The van der Waals surface area contributed by atoms with Gasteiger partial charge in [-0.3, -0.25) is 0 Å². The second-order valence-corrected chi connectivity index (χ2v) is 1.68. The van der Waals surface area contributed by atoms with Gasteiger partial charge in [-0.25, -0.2) is 0 Å². The first kappa shape index (κ1) is 5.95. The van der Waals surface area contributed by atoms with Crippen molar-refractivity contribution in [3.8, 4) is 5.75 Å². The maximum absolute atomic E-state index is 5.47. The highest BCUT2D eigenvalue weighted by Crippen LogP contribution is 2.18. The van der Waals surface area contributed by atoms with Crippen molar-refractivity contribution in [2.24, 2.45) is 0 Å². The van der Waals surface area contributed by atoms with Crippen LogP contribution in [0.4, 0.5) is 5.69 Å². The van der Waals surface area contributed by atoms with Crippen LogP contribution in [0.25, 0.3) is 0 Å². The fraction of sp³-hybridized carbons (Fsp3) is 0. The van der Waals surface area contributed by atoms with Crippen LogP contribution in [-0.2, 0) is 0 Å². The highest BCUT2D eigenvalue weighted by atomic mass is 16.5. The minimum absolute atomic E-state index is 0.618. The van der Waals surface area contributed by atoms with E-state index in [1.54, 1.807) is 12.1 Å². The molecule has 1 aromatic rings. The molecule has 0 aliphatic carbocycles. The monoisotopic (exact) mass is 122 g/mol. The highest BCUT2D eigenvalue weighted by Gasteiger charge is 1.91. The molecule has 2 N–H and O–H groups in total. The Labute approximate surface area is 54.2 Å². The SMILES string of the molecule is [CH2]Oc1ccccc1N. The average molecular weight is 122 g/mol. The summed E-state index contributed by atoms with van der Waals surface area (Å²) in [4.78, 5) is 0. The van der Waals surface area contributed by atoms with Gasteiger partial charge in [-0.15, -0.1) is 0 Å². The topological polar surface area (TPSA) is 35.2 Å². The molecule has 0 heterocycles. The van der Waals surface area contributed by atoms with E-state index in [1.807, 2.05) is 12.1 Å². The van der Waals surface area contributed by atoms with Crippen LogP contribution in [0.1, 0.15) is 0 Å². The summed E-state index contributed by atoms with van der Waals surface area (Å²) in [6.07, 6.45) is 0. The molecule has 47 valence electrons. The molecule has 0 spiro atoms. The van der Waals surface area contributed by atoms with E-state index < -0.39 is 0 Å². The lowest BCUT2D eigenvalue weighted by molar-refractivity contribution is 0.475. The number of nitrogen functional groups attached to an aromatic ring is 1. The van der Waals surface area contributed by atoms with Crippen molar-refractivity contribution in [2.45, 2.75) is 0 Å². The molecular formula is C7H8NO. The van der Waals surface area contributed by atoms with Crippen LogP contribution in [0.15, 0.2) is 24.3 Å². The van der Waals surface area contributed by atoms with Crippen molar-refractivity contribution in [1.82, 2.24) is 0 Å². The van der Waals surface area contributed by atoms with Crippen molar-refractivity contribution in [1.29, 1.82) is 0 Å². The highest BCUT2D eigenvalue weighted by molar-refractivity contribution is 5.51. The number of anilines is 1. The maximum Gasteiger partial charge on any atom is 0.142 e. The number of hydrogen-bond acceptors (Lipinski definition) is 2. The number of nitrogens with two attached hydrogens (primary N) is 1. The Morgan fingerprint density at radius 2 is 2.00 bits per heavy atom. The predicted molar refractivity (Wildman–Crippen MR) is 36.8 cm³/mol. The molecule has 0 unspecified atom stereocenters. The summed E-state index contributed by atoms with van der Waals surface area (Å²) >= 11 is 0. The smallest absolute Gasteiger partial charge is 0.142 e. The summed E-state index contributed by atoms with van der Waals surface area (Å²) in [7, 11) is 3.24. The van der Waals surface area contributed by atoms with Crippen LogP contribution in [-0.4, -0.2) is 0 Å². The normalized spacial score (nSPS) is 9.00. The van der Waals surface area contributed by atoms with Gasteiger partial charge in [0.1, 0.15) is 12.9 Å². The predicted octanol–water partition coefficient (Wildman–Crippen LogP) is 1.44. The first-order valence-electron chi connectivity index (χ1n) is 2.61. The first-order chi connectivity index (χ1) is 4.34. The Morgan fingerprint density at radius 1 is 1.33 bits per heavy atom. The Balaban J connectivity index is 3.01. The summed E-state index contributed by atoms with van der Waals surface area (Å²) in [5.41, 5.74) is 6.08. The molecule has 2 nitrogen and oxygen atoms in total. The minimum Gasteiger partial charge on any atom is -0.488 e. The number of rotatable bonds is 1. The molecule has 0 bridgehead atoms. The molecule has 0 aliphatic heterocycles. The average Bonchev–Trinajstić information content (AvgIpc) is 1.89. The first-order valence-corrected chi connectivity index (χ1v) is 2.61. The van der Waals surface area contributed by atoms with Gasteiger partial charge >= 0.3 is 0 Å². The van der Waals surface area contributed by atoms with E-state index in [9.17, 15) is 0 Å². The fourth-order valence-corrected chi connectivity index (χ4v) is 0.612. The minimum atomic E-state index is 0.618. The molecule has 0 saturated carbocycles. The largest absolute Gasteiger partial charge is 0.488 e. The Kier molecular flexibility index (Phi) is 1.58. The Morgan fingerprint density at radius 3 is 2.44 bits per heavy atom. The summed E-state index contributed by atoms with van der Waals surface area (Å²) in [5, 5.41) is 0. The van der Waals surface area contributed by atoms with Crippen LogP contribution in [0, 0.1) is 7.11 Å². The second-order valence-electron chi connectivity index (χ2n) is 1.68. The van der Waals surface area contributed by atoms with Crippen molar-refractivity contribution < 1.29 is 4.74 Å². The maximum atomic E-state index is 5.47. The molecular weight excluding hydrogens is 114 g/mol. The van der Waals surface area contributed by atoms with Gasteiger partial charge in [0.25, 0.3) is 0 Å². The third-order valence-electron chi connectivity index (χ3n) is 1.07. The lowest BCUT2D eigenvalue weighted by atomic mass is 10.3.